The number of alkyl halides is 3. The van der Waals surface area contributed by atoms with E-state index in [-0.39, 0.29) is 11.1 Å². The zero-order valence-corrected chi connectivity index (χ0v) is 17.8. The molecule has 4 rings (SSSR count). The summed E-state index contributed by atoms with van der Waals surface area (Å²) in [6.45, 7) is 3.84. The van der Waals surface area contributed by atoms with Gasteiger partial charge in [0.05, 0.1) is 17.4 Å². The van der Waals surface area contributed by atoms with Crippen molar-refractivity contribution in [1.29, 1.82) is 0 Å². The molecule has 1 fully saturated rings. The summed E-state index contributed by atoms with van der Waals surface area (Å²) in [7, 11) is 0. The van der Waals surface area contributed by atoms with E-state index in [1.807, 2.05) is 4.90 Å². The Hall–Kier alpha value is -3.76. The van der Waals surface area contributed by atoms with E-state index in [0.717, 1.165) is 6.07 Å². The Bertz CT molecular complexity index is 1180. The van der Waals surface area contributed by atoms with E-state index in [9.17, 15) is 22.8 Å². The van der Waals surface area contributed by atoms with Gasteiger partial charge in [-0.1, -0.05) is 6.07 Å². The molecule has 33 heavy (non-hydrogen) atoms. The maximum absolute atomic E-state index is 13.4. The molecule has 1 aliphatic heterocycles. The Morgan fingerprint density at radius 2 is 1.85 bits per heavy atom. The van der Waals surface area contributed by atoms with Crippen LogP contribution in [0.25, 0.3) is 10.9 Å². The molecule has 174 valence electrons. The molecule has 0 atom stereocenters. The van der Waals surface area contributed by atoms with E-state index in [1.54, 1.807) is 29.7 Å². The van der Waals surface area contributed by atoms with Gasteiger partial charge in [0.25, 0.3) is 5.91 Å². The SMILES string of the molecule is CCn1c(C(=O)Nc2ccc(N3CCN(C(=O)O)CC3)nc2)cc2c(C(F)(F)F)cccc21. The normalized spacial score (nSPS) is 14.5. The van der Waals surface area contributed by atoms with Crippen molar-refractivity contribution in [2.45, 2.75) is 19.6 Å². The summed E-state index contributed by atoms with van der Waals surface area (Å²) in [5.74, 6) is 0.112. The van der Waals surface area contributed by atoms with E-state index in [2.05, 4.69) is 10.3 Å². The van der Waals surface area contributed by atoms with Crippen molar-refractivity contribution >= 4 is 34.4 Å². The summed E-state index contributed by atoms with van der Waals surface area (Å²) in [5.41, 5.74) is 0.0802. The number of anilines is 2. The smallest absolute Gasteiger partial charge is 0.417 e. The molecule has 0 spiro atoms. The number of hydrogen-bond acceptors (Lipinski definition) is 4. The van der Waals surface area contributed by atoms with Crippen LogP contribution in [0.3, 0.4) is 0 Å². The monoisotopic (exact) mass is 461 g/mol. The predicted molar refractivity (Wildman–Crippen MR) is 117 cm³/mol. The lowest BCUT2D eigenvalue weighted by Gasteiger charge is -2.33. The van der Waals surface area contributed by atoms with Crippen LogP contribution < -0.4 is 10.2 Å². The molecule has 3 aromatic rings. The highest BCUT2D eigenvalue weighted by atomic mass is 19.4. The van der Waals surface area contributed by atoms with Gasteiger partial charge in [-0.3, -0.25) is 4.79 Å². The quantitative estimate of drug-likeness (QED) is 0.610. The number of hydrogen-bond donors (Lipinski definition) is 2. The number of rotatable bonds is 4. The van der Waals surface area contributed by atoms with Crippen LogP contribution in [0.4, 0.5) is 29.5 Å². The molecular formula is C22H22F3N5O3. The van der Waals surface area contributed by atoms with E-state index in [0.29, 0.717) is 49.7 Å². The van der Waals surface area contributed by atoms with Crippen LogP contribution in [0.1, 0.15) is 23.0 Å². The van der Waals surface area contributed by atoms with E-state index in [4.69, 9.17) is 5.11 Å². The number of pyridine rings is 1. The second-order valence-electron chi connectivity index (χ2n) is 7.63. The number of halogens is 3. The summed E-state index contributed by atoms with van der Waals surface area (Å²) in [5, 5.41) is 11.7. The van der Waals surface area contributed by atoms with Crippen molar-refractivity contribution in [3.05, 3.63) is 53.9 Å². The topological polar surface area (TPSA) is 90.7 Å². The Labute approximate surface area is 187 Å². The average Bonchev–Trinajstić information content (AvgIpc) is 3.18. The minimum atomic E-state index is -4.52. The molecule has 3 heterocycles. The molecule has 2 aromatic heterocycles. The molecule has 1 aliphatic rings. The van der Waals surface area contributed by atoms with Crippen LogP contribution in [0, 0.1) is 0 Å². The molecule has 1 saturated heterocycles. The Morgan fingerprint density at radius 1 is 1.12 bits per heavy atom. The zero-order chi connectivity index (χ0) is 23.8. The first-order chi connectivity index (χ1) is 15.7. The number of aryl methyl sites for hydroxylation is 1. The van der Waals surface area contributed by atoms with E-state index < -0.39 is 23.7 Å². The van der Waals surface area contributed by atoms with Gasteiger partial charge in [-0.2, -0.15) is 13.2 Å². The molecule has 1 aromatic carbocycles. The standard InChI is InChI=1S/C22H22F3N5O3/c1-2-30-17-5-3-4-16(22(23,24)25)15(17)12-18(30)20(31)27-14-6-7-19(26-13-14)28-8-10-29(11-9-28)21(32)33/h3-7,12-13H,2,8-11H2,1H3,(H,27,31)(H,32,33). The molecule has 8 nitrogen and oxygen atoms in total. The van der Waals surface area contributed by atoms with Crippen molar-refractivity contribution in [3.8, 4) is 0 Å². The highest BCUT2D eigenvalue weighted by Gasteiger charge is 2.33. The molecule has 2 N–H and O–H groups in total. The summed E-state index contributed by atoms with van der Waals surface area (Å²) >= 11 is 0. The fraction of sp³-hybridized carbons (Fsp3) is 0.318. The van der Waals surface area contributed by atoms with Crippen molar-refractivity contribution in [1.82, 2.24) is 14.5 Å². The molecule has 11 heteroatoms. The number of piperazine rings is 1. The number of carbonyl (C=O) groups excluding carboxylic acids is 1. The maximum atomic E-state index is 13.4. The highest BCUT2D eigenvalue weighted by molar-refractivity contribution is 6.06. The molecule has 0 saturated carbocycles. The maximum Gasteiger partial charge on any atom is 0.417 e. The molecule has 2 amide bonds. The van der Waals surface area contributed by atoms with Gasteiger partial charge in [0.15, 0.2) is 0 Å². The van der Waals surface area contributed by atoms with E-state index >= 15 is 0 Å². The van der Waals surface area contributed by atoms with Gasteiger partial charge in [-0.15, -0.1) is 0 Å². The van der Waals surface area contributed by atoms with Crippen LogP contribution in [-0.4, -0.2) is 57.7 Å². The van der Waals surface area contributed by atoms with Gasteiger partial charge >= 0.3 is 12.3 Å². The third-order valence-corrected chi connectivity index (χ3v) is 5.68. The van der Waals surface area contributed by atoms with Crippen LogP contribution in [0.15, 0.2) is 42.6 Å². The number of aromatic nitrogens is 2. The predicted octanol–water partition coefficient (Wildman–Crippen LogP) is 4.13. The third-order valence-electron chi connectivity index (χ3n) is 5.68. The minimum Gasteiger partial charge on any atom is -0.465 e. The van der Waals surface area contributed by atoms with Crippen LogP contribution >= 0.6 is 0 Å². The fourth-order valence-electron chi connectivity index (χ4n) is 4.03. The lowest BCUT2D eigenvalue weighted by atomic mass is 10.1. The van der Waals surface area contributed by atoms with Gasteiger partial charge < -0.3 is 24.8 Å². The molecule has 0 unspecified atom stereocenters. The Morgan fingerprint density at radius 3 is 2.42 bits per heavy atom. The van der Waals surface area contributed by atoms with Crippen LogP contribution in [0.2, 0.25) is 0 Å². The number of nitrogens with one attached hydrogen (secondary N) is 1. The largest absolute Gasteiger partial charge is 0.465 e. The van der Waals surface area contributed by atoms with Gasteiger partial charge in [0, 0.05) is 43.6 Å². The van der Waals surface area contributed by atoms with Crippen molar-refractivity contribution in [3.63, 3.8) is 0 Å². The lowest BCUT2D eigenvalue weighted by Crippen LogP contribution is -2.48. The van der Waals surface area contributed by atoms with Crippen molar-refractivity contribution in [2.24, 2.45) is 0 Å². The van der Waals surface area contributed by atoms with Gasteiger partial charge in [-0.05, 0) is 37.3 Å². The second kappa shape index (κ2) is 8.64. The Kier molecular flexibility index (Phi) is 5.88. The number of fused-ring (bicyclic) bond motifs is 1. The molecule has 0 radical (unpaired) electrons. The summed E-state index contributed by atoms with van der Waals surface area (Å²) in [6, 6.07) is 8.53. The Balaban J connectivity index is 1.52. The molecular weight excluding hydrogens is 439 g/mol. The van der Waals surface area contributed by atoms with Crippen molar-refractivity contribution in [2.75, 3.05) is 36.4 Å². The van der Waals surface area contributed by atoms with Crippen molar-refractivity contribution < 1.29 is 27.9 Å². The van der Waals surface area contributed by atoms with Crippen LogP contribution in [0.5, 0.6) is 0 Å². The zero-order valence-electron chi connectivity index (χ0n) is 17.8. The average molecular weight is 461 g/mol. The van der Waals surface area contributed by atoms with Crippen LogP contribution in [-0.2, 0) is 12.7 Å². The first-order valence-electron chi connectivity index (χ1n) is 10.4. The first-order valence-corrected chi connectivity index (χ1v) is 10.4. The summed E-state index contributed by atoms with van der Waals surface area (Å²) in [6.07, 6.45) is -4.01. The number of benzene rings is 1. The number of carboxylic acid groups (broad SMARTS) is 1. The lowest BCUT2D eigenvalue weighted by molar-refractivity contribution is -0.136. The highest BCUT2D eigenvalue weighted by Crippen LogP contribution is 2.36. The number of nitrogens with zero attached hydrogens (tertiary/aromatic N) is 4. The molecule has 0 aliphatic carbocycles. The van der Waals surface area contributed by atoms with Gasteiger partial charge in [0.2, 0.25) is 0 Å². The first kappa shape index (κ1) is 22.4. The summed E-state index contributed by atoms with van der Waals surface area (Å²) < 4.78 is 41.8. The fourth-order valence-corrected chi connectivity index (χ4v) is 4.03. The van der Waals surface area contributed by atoms with E-state index in [1.165, 1.54) is 23.2 Å². The number of amides is 2. The molecule has 0 bridgehead atoms. The van der Waals surface area contributed by atoms with Gasteiger partial charge in [-0.25, -0.2) is 9.78 Å². The summed E-state index contributed by atoms with van der Waals surface area (Å²) in [4.78, 5) is 31.5. The minimum absolute atomic E-state index is 0.0222. The third kappa shape index (κ3) is 4.43. The number of carbonyl (C=O) groups is 2. The van der Waals surface area contributed by atoms with Gasteiger partial charge in [0.1, 0.15) is 11.5 Å². The second-order valence-corrected chi connectivity index (χ2v) is 7.63.